The van der Waals surface area contributed by atoms with Gasteiger partial charge in [-0.15, -0.1) is 12.4 Å². The average Bonchev–Trinajstić information content (AvgIpc) is 3.14. The molecule has 2 aromatic rings. The smallest absolute Gasteiger partial charge is 0.217 e. The lowest BCUT2D eigenvalue weighted by Gasteiger charge is -2.28. The number of carbonyl (C=O) groups excluding carboxylic acids is 1. The molecular formula is C22H27ClF2N2O4. The number of aliphatic hydroxyl groups is 1. The summed E-state index contributed by atoms with van der Waals surface area (Å²) < 4.78 is 38.2. The summed E-state index contributed by atoms with van der Waals surface area (Å²) in [6.07, 6.45) is -0.554. The summed E-state index contributed by atoms with van der Waals surface area (Å²) in [6.45, 7) is 1.85. The molecule has 1 aliphatic heterocycles. The Morgan fingerprint density at radius 3 is 2.55 bits per heavy atom. The summed E-state index contributed by atoms with van der Waals surface area (Å²) in [5.74, 6) is -0.398. The maximum Gasteiger partial charge on any atom is 0.217 e. The Bertz CT molecular complexity index is 866. The summed E-state index contributed by atoms with van der Waals surface area (Å²) in [4.78, 5) is 11.6. The summed E-state index contributed by atoms with van der Waals surface area (Å²) in [5.41, 5.74) is 0.354. The van der Waals surface area contributed by atoms with Gasteiger partial charge in [0.05, 0.1) is 19.3 Å². The lowest BCUT2D eigenvalue weighted by Crippen LogP contribution is -2.51. The topological polar surface area (TPSA) is 79.8 Å². The number of hydrogen-bond donors (Lipinski definition) is 3. The van der Waals surface area contributed by atoms with Crippen molar-refractivity contribution < 1.29 is 28.2 Å². The summed E-state index contributed by atoms with van der Waals surface area (Å²) in [7, 11) is 1.58. The highest BCUT2D eigenvalue weighted by Gasteiger charge is 2.35. The number of carbonyl (C=O) groups is 1. The molecule has 1 heterocycles. The van der Waals surface area contributed by atoms with Crippen LogP contribution in [-0.4, -0.2) is 49.0 Å². The van der Waals surface area contributed by atoms with E-state index in [1.54, 1.807) is 13.2 Å². The molecule has 9 heteroatoms. The Hall–Kier alpha value is -2.42. The molecule has 0 radical (unpaired) electrons. The van der Waals surface area contributed by atoms with E-state index in [1.165, 1.54) is 19.1 Å². The second-order valence-electron chi connectivity index (χ2n) is 7.45. The first-order chi connectivity index (χ1) is 14.3. The quantitative estimate of drug-likeness (QED) is 0.569. The van der Waals surface area contributed by atoms with Gasteiger partial charge in [0, 0.05) is 38.1 Å². The van der Waals surface area contributed by atoms with Crippen LogP contribution in [0.1, 0.15) is 18.9 Å². The summed E-state index contributed by atoms with van der Waals surface area (Å²) in [6, 6.07) is 9.36. The molecule has 0 spiro atoms. The highest BCUT2D eigenvalue weighted by atomic mass is 35.5. The number of ether oxygens (including phenoxy) is 2. The monoisotopic (exact) mass is 456 g/mol. The van der Waals surface area contributed by atoms with Gasteiger partial charge in [-0.3, -0.25) is 4.79 Å². The molecule has 0 aliphatic carbocycles. The molecule has 1 fully saturated rings. The van der Waals surface area contributed by atoms with Crippen molar-refractivity contribution in [1.29, 1.82) is 0 Å². The molecule has 0 unspecified atom stereocenters. The minimum atomic E-state index is -0.973. The Balaban J connectivity index is 0.00000341. The maximum atomic E-state index is 13.5. The van der Waals surface area contributed by atoms with Crippen LogP contribution in [0, 0.1) is 11.6 Å². The Morgan fingerprint density at radius 1 is 1.23 bits per heavy atom. The van der Waals surface area contributed by atoms with Gasteiger partial charge in [-0.2, -0.15) is 0 Å². The van der Waals surface area contributed by atoms with Crippen molar-refractivity contribution >= 4 is 18.3 Å². The minimum Gasteiger partial charge on any atom is -0.497 e. The zero-order valence-corrected chi connectivity index (χ0v) is 18.1. The fourth-order valence-electron chi connectivity index (χ4n) is 3.73. The summed E-state index contributed by atoms with van der Waals surface area (Å²) >= 11 is 0. The highest BCUT2D eigenvalue weighted by Crippen LogP contribution is 2.24. The van der Waals surface area contributed by atoms with Gasteiger partial charge in [-0.25, -0.2) is 8.78 Å². The van der Waals surface area contributed by atoms with Crippen LogP contribution in [0.2, 0.25) is 0 Å². The first-order valence-corrected chi connectivity index (χ1v) is 9.78. The van der Waals surface area contributed by atoms with Crippen molar-refractivity contribution in [2.24, 2.45) is 0 Å². The standard InChI is InChI=1S/C22H26F2N2O4.ClH/c1-13(27)26-21(8-14-6-15(23)9-16(24)7-14)22(28)20-11-19(12-25-20)30-18-5-3-4-17(10-18)29-2;/h3-7,9-10,19-22,25,28H,8,11-12H2,1-2H3,(H,26,27);1H/t19-,20-,21+,22+;/m1./s1. The molecule has 0 aromatic heterocycles. The molecule has 0 saturated carbocycles. The lowest BCUT2D eigenvalue weighted by atomic mass is 9.95. The normalized spacial score (nSPS) is 19.8. The predicted octanol–water partition coefficient (Wildman–Crippen LogP) is 2.61. The van der Waals surface area contributed by atoms with Crippen LogP contribution in [0.4, 0.5) is 8.78 Å². The molecule has 1 amide bonds. The zero-order valence-electron chi connectivity index (χ0n) is 17.3. The average molecular weight is 457 g/mol. The van der Waals surface area contributed by atoms with Crippen LogP contribution in [-0.2, 0) is 11.2 Å². The molecule has 31 heavy (non-hydrogen) atoms. The van der Waals surface area contributed by atoms with Gasteiger partial charge in [0.25, 0.3) is 0 Å². The Morgan fingerprint density at radius 2 is 1.90 bits per heavy atom. The van der Waals surface area contributed by atoms with E-state index in [1.807, 2.05) is 18.2 Å². The van der Waals surface area contributed by atoms with Crippen molar-refractivity contribution in [2.45, 2.75) is 44.1 Å². The number of hydrogen-bond acceptors (Lipinski definition) is 5. The third-order valence-corrected chi connectivity index (χ3v) is 5.06. The second-order valence-corrected chi connectivity index (χ2v) is 7.45. The zero-order chi connectivity index (χ0) is 21.7. The molecule has 6 nitrogen and oxygen atoms in total. The van der Waals surface area contributed by atoms with E-state index in [0.717, 1.165) is 6.07 Å². The molecule has 170 valence electrons. The first-order valence-electron chi connectivity index (χ1n) is 9.78. The molecular weight excluding hydrogens is 430 g/mol. The van der Waals surface area contributed by atoms with Crippen LogP contribution in [0.15, 0.2) is 42.5 Å². The Labute approximate surface area is 186 Å². The van der Waals surface area contributed by atoms with E-state index in [-0.39, 0.29) is 36.9 Å². The highest BCUT2D eigenvalue weighted by molar-refractivity contribution is 5.85. The molecule has 3 rings (SSSR count). The van der Waals surface area contributed by atoms with Crippen molar-refractivity contribution in [1.82, 2.24) is 10.6 Å². The van der Waals surface area contributed by atoms with Crippen LogP contribution >= 0.6 is 12.4 Å². The third-order valence-electron chi connectivity index (χ3n) is 5.06. The molecule has 1 aliphatic rings. The van der Waals surface area contributed by atoms with Crippen LogP contribution in [0.5, 0.6) is 11.5 Å². The number of rotatable bonds is 8. The number of aliphatic hydroxyl groups excluding tert-OH is 1. The van der Waals surface area contributed by atoms with Gasteiger partial charge in [-0.1, -0.05) is 6.07 Å². The van der Waals surface area contributed by atoms with Gasteiger partial charge >= 0.3 is 0 Å². The van der Waals surface area contributed by atoms with E-state index < -0.39 is 23.8 Å². The predicted molar refractivity (Wildman–Crippen MR) is 115 cm³/mol. The van der Waals surface area contributed by atoms with Gasteiger partial charge < -0.3 is 25.2 Å². The van der Waals surface area contributed by atoms with Crippen molar-refractivity contribution in [2.75, 3.05) is 13.7 Å². The van der Waals surface area contributed by atoms with E-state index in [4.69, 9.17) is 9.47 Å². The molecule has 0 bridgehead atoms. The van der Waals surface area contributed by atoms with E-state index >= 15 is 0 Å². The van der Waals surface area contributed by atoms with Gasteiger partial charge in [0.15, 0.2) is 0 Å². The van der Waals surface area contributed by atoms with Crippen LogP contribution < -0.4 is 20.1 Å². The Kier molecular flexibility index (Phi) is 9.03. The van der Waals surface area contributed by atoms with Crippen molar-refractivity contribution in [3.63, 3.8) is 0 Å². The van der Waals surface area contributed by atoms with Crippen molar-refractivity contribution in [3.8, 4) is 11.5 Å². The summed E-state index contributed by atoms with van der Waals surface area (Å²) in [5, 5.41) is 16.8. The fraction of sp³-hybridized carbons (Fsp3) is 0.409. The van der Waals surface area contributed by atoms with E-state index in [2.05, 4.69) is 10.6 Å². The van der Waals surface area contributed by atoms with Gasteiger partial charge in [-0.05, 0) is 36.2 Å². The number of amides is 1. The molecule has 4 atom stereocenters. The number of benzene rings is 2. The van der Waals surface area contributed by atoms with Crippen LogP contribution in [0.25, 0.3) is 0 Å². The minimum absolute atomic E-state index is 0. The second kappa shape index (κ2) is 11.3. The number of halogens is 3. The lowest BCUT2D eigenvalue weighted by molar-refractivity contribution is -0.120. The molecule has 2 aromatic carbocycles. The maximum absolute atomic E-state index is 13.5. The van der Waals surface area contributed by atoms with E-state index in [9.17, 15) is 18.7 Å². The van der Waals surface area contributed by atoms with E-state index in [0.29, 0.717) is 30.0 Å². The SMILES string of the molecule is COc1cccc(O[C@H]2CN[C@@H]([C@H](O)[C@H](Cc3cc(F)cc(F)c3)NC(C)=O)C2)c1.Cl. The van der Waals surface area contributed by atoms with Crippen molar-refractivity contribution in [3.05, 3.63) is 59.7 Å². The number of methoxy groups -OCH3 is 1. The van der Waals surface area contributed by atoms with Gasteiger partial charge in [0.1, 0.15) is 29.2 Å². The van der Waals surface area contributed by atoms with Crippen LogP contribution in [0.3, 0.4) is 0 Å². The fourth-order valence-corrected chi connectivity index (χ4v) is 3.73. The largest absolute Gasteiger partial charge is 0.497 e. The number of nitrogens with one attached hydrogen (secondary N) is 2. The first kappa shape index (κ1) is 24.8. The van der Waals surface area contributed by atoms with Gasteiger partial charge in [0.2, 0.25) is 5.91 Å². The molecule has 3 N–H and O–H groups in total. The third kappa shape index (κ3) is 7.05. The molecule has 1 saturated heterocycles.